The maximum atomic E-state index is 11.3. The Hall–Kier alpha value is -2.51. The van der Waals surface area contributed by atoms with E-state index in [9.17, 15) is 20.2 Å². The van der Waals surface area contributed by atoms with Crippen LogP contribution in [-0.2, 0) is 0 Å². The van der Waals surface area contributed by atoms with Crippen LogP contribution in [0.2, 0.25) is 0 Å². The predicted octanol–water partition coefficient (Wildman–Crippen LogP) is 5.39. The molecule has 5 atom stereocenters. The van der Waals surface area contributed by atoms with Crippen LogP contribution in [0.25, 0.3) is 0 Å². The molecule has 0 heterocycles. The SMILES string of the molecule is C[C@H]1CC[C@@H]2C(C)(C)[C@H]3C[C@]21CC[C@H]3/C=N/Nc1ccc([N+](=O)[O-])cc1[N+](=O)[O-]. The maximum Gasteiger partial charge on any atom is 0.301 e. The smallest absolute Gasteiger partial charge is 0.272 e. The second kappa shape index (κ2) is 6.78. The number of nitrogens with one attached hydrogen (secondary N) is 1. The average Bonchev–Trinajstić information content (AvgIpc) is 3.07. The van der Waals surface area contributed by atoms with E-state index in [1.54, 1.807) is 0 Å². The third-order valence-corrected chi connectivity index (χ3v) is 8.32. The fraction of sp³-hybridized carbons (Fsp3) is 0.667. The molecule has 0 aliphatic heterocycles. The van der Waals surface area contributed by atoms with Crippen LogP contribution in [-0.4, -0.2) is 16.1 Å². The Morgan fingerprint density at radius 3 is 2.62 bits per heavy atom. The molecule has 2 bridgehead atoms. The first-order valence-corrected chi connectivity index (χ1v) is 10.4. The van der Waals surface area contributed by atoms with E-state index in [1.807, 2.05) is 6.21 Å². The van der Waals surface area contributed by atoms with Gasteiger partial charge < -0.3 is 0 Å². The number of nitro benzene ring substituents is 2. The van der Waals surface area contributed by atoms with Crippen molar-refractivity contribution in [3.63, 3.8) is 0 Å². The van der Waals surface area contributed by atoms with Crippen LogP contribution in [0.1, 0.15) is 52.9 Å². The maximum absolute atomic E-state index is 11.3. The first kappa shape index (κ1) is 19.8. The Balaban J connectivity index is 1.51. The fourth-order valence-corrected chi connectivity index (χ4v) is 6.84. The van der Waals surface area contributed by atoms with E-state index in [0.717, 1.165) is 24.3 Å². The number of hydrazone groups is 1. The Morgan fingerprint density at radius 1 is 1.17 bits per heavy atom. The highest BCUT2D eigenvalue weighted by Crippen LogP contribution is 2.72. The van der Waals surface area contributed by atoms with Crippen LogP contribution in [0.15, 0.2) is 23.3 Å². The molecule has 3 aliphatic carbocycles. The molecule has 0 saturated heterocycles. The standard InChI is InChI=1S/C21H28N4O4/c1-13-4-7-19-20(2,3)16-11-21(13,19)9-8-14(16)12-22-23-17-6-5-15(24(26)27)10-18(17)25(28)29/h5-6,10,12-14,16,19,23H,4,7-9,11H2,1-3H3/b22-12+/t13-,14-,16-,19+,21-/m0/s1. The van der Waals surface area contributed by atoms with Gasteiger partial charge in [0, 0.05) is 12.3 Å². The van der Waals surface area contributed by atoms with Crippen molar-refractivity contribution >= 4 is 23.3 Å². The van der Waals surface area contributed by atoms with Crippen LogP contribution in [0.3, 0.4) is 0 Å². The van der Waals surface area contributed by atoms with Crippen molar-refractivity contribution in [2.24, 2.45) is 39.6 Å². The molecule has 1 spiro atoms. The van der Waals surface area contributed by atoms with Crippen molar-refractivity contribution in [2.75, 3.05) is 5.43 Å². The highest BCUT2D eigenvalue weighted by molar-refractivity contribution is 5.68. The molecule has 3 aliphatic rings. The zero-order valence-corrected chi connectivity index (χ0v) is 17.1. The summed E-state index contributed by atoms with van der Waals surface area (Å²) >= 11 is 0. The lowest BCUT2D eigenvalue weighted by Gasteiger charge is -2.39. The van der Waals surface area contributed by atoms with Gasteiger partial charge in [0.25, 0.3) is 5.69 Å². The number of non-ortho nitro benzene ring substituents is 1. The quantitative estimate of drug-likeness (QED) is 0.405. The van der Waals surface area contributed by atoms with Crippen LogP contribution in [0.4, 0.5) is 17.1 Å². The topological polar surface area (TPSA) is 111 Å². The van der Waals surface area contributed by atoms with Crippen LogP contribution < -0.4 is 5.43 Å². The normalized spacial score (nSPS) is 34.9. The molecule has 0 radical (unpaired) electrons. The van der Waals surface area contributed by atoms with E-state index in [0.29, 0.717) is 17.3 Å². The molecule has 156 valence electrons. The molecule has 8 nitrogen and oxygen atoms in total. The van der Waals surface area contributed by atoms with Gasteiger partial charge in [0.05, 0.1) is 15.9 Å². The third-order valence-electron chi connectivity index (χ3n) is 8.32. The van der Waals surface area contributed by atoms with Crippen molar-refractivity contribution < 1.29 is 9.85 Å². The first-order valence-electron chi connectivity index (χ1n) is 10.4. The van der Waals surface area contributed by atoms with E-state index in [1.165, 1.54) is 37.8 Å². The second-order valence-electron chi connectivity index (χ2n) is 9.70. The van der Waals surface area contributed by atoms with E-state index >= 15 is 0 Å². The van der Waals surface area contributed by atoms with Crippen molar-refractivity contribution in [2.45, 2.75) is 52.9 Å². The van der Waals surface area contributed by atoms with Gasteiger partial charge in [-0.05, 0) is 72.7 Å². The van der Waals surface area contributed by atoms with Crippen LogP contribution in [0, 0.1) is 54.7 Å². The highest BCUT2D eigenvalue weighted by atomic mass is 16.6. The number of rotatable bonds is 5. The van der Waals surface area contributed by atoms with Gasteiger partial charge in [-0.1, -0.05) is 20.8 Å². The van der Waals surface area contributed by atoms with E-state index in [4.69, 9.17) is 0 Å². The number of fused-ring (bicyclic) bond motifs is 1. The molecular weight excluding hydrogens is 372 g/mol. The summed E-state index contributed by atoms with van der Waals surface area (Å²) < 4.78 is 0. The molecule has 8 heteroatoms. The monoisotopic (exact) mass is 400 g/mol. The van der Waals surface area contributed by atoms with Crippen molar-refractivity contribution in [1.82, 2.24) is 0 Å². The van der Waals surface area contributed by atoms with Gasteiger partial charge in [0.1, 0.15) is 5.69 Å². The fourth-order valence-electron chi connectivity index (χ4n) is 6.84. The molecule has 4 rings (SSSR count). The van der Waals surface area contributed by atoms with Gasteiger partial charge in [-0.2, -0.15) is 5.10 Å². The summed E-state index contributed by atoms with van der Waals surface area (Å²) in [6.07, 6.45) is 8.15. The predicted molar refractivity (Wildman–Crippen MR) is 111 cm³/mol. The summed E-state index contributed by atoms with van der Waals surface area (Å²) in [6, 6.07) is 3.55. The average molecular weight is 400 g/mol. The Morgan fingerprint density at radius 2 is 1.93 bits per heavy atom. The van der Waals surface area contributed by atoms with Crippen molar-refractivity contribution in [1.29, 1.82) is 0 Å². The van der Waals surface area contributed by atoms with E-state index in [2.05, 4.69) is 31.3 Å². The number of benzene rings is 1. The Bertz CT molecular complexity index is 883. The lowest BCUT2D eigenvalue weighted by Crippen LogP contribution is -2.32. The molecule has 3 saturated carbocycles. The summed E-state index contributed by atoms with van der Waals surface area (Å²) in [5.74, 6) is 2.48. The van der Waals surface area contributed by atoms with Gasteiger partial charge in [0.2, 0.25) is 0 Å². The third kappa shape index (κ3) is 3.00. The highest BCUT2D eigenvalue weighted by Gasteiger charge is 2.64. The van der Waals surface area contributed by atoms with E-state index in [-0.39, 0.29) is 22.5 Å². The summed E-state index contributed by atoms with van der Waals surface area (Å²) in [6.45, 7) is 7.23. The Labute approximate surface area is 170 Å². The largest absolute Gasteiger partial charge is 0.301 e. The zero-order valence-electron chi connectivity index (χ0n) is 17.1. The minimum atomic E-state index is -0.641. The minimum Gasteiger partial charge on any atom is -0.272 e. The van der Waals surface area contributed by atoms with Gasteiger partial charge in [0.15, 0.2) is 0 Å². The van der Waals surface area contributed by atoms with Crippen LogP contribution in [0.5, 0.6) is 0 Å². The molecule has 0 aromatic heterocycles. The van der Waals surface area contributed by atoms with Crippen LogP contribution >= 0.6 is 0 Å². The lowest BCUT2D eigenvalue weighted by molar-refractivity contribution is -0.393. The van der Waals surface area contributed by atoms with E-state index < -0.39 is 9.85 Å². The molecule has 1 aromatic carbocycles. The number of nitro groups is 2. The summed E-state index contributed by atoms with van der Waals surface area (Å²) in [4.78, 5) is 20.9. The summed E-state index contributed by atoms with van der Waals surface area (Å²) in [5, 5.41) is 26.5. The van der Waals surface area contributed by atoms with Gasteiger partial charge in [-0.25, -0.2) is 0 Å². The zero-order chi connectivity index (χ0) is 21.0. The summed E-state index contributed by atoms with van der Waals surface area (Å²) in [5.41, 5.74) is 3.04. The van der Waals surface area contributed by atoms with Gasteiger partial charge >= 0.3 is 5.69 Å². The molecule has 29 heavy (non-hydrogen) atoms. The number of hydrogen-bond acceptors (Lipinski definition) is 6. The molecular formula is C21H28N4O4. The molecule has 1 aromatic rings. The minimum absolute atomic E-state index is 0.167. The molecule has 0 unspecified atom stereocenters. The van der Waals surface area contributed by atoms with Crippen molar-refractivity contribution in [3.05, 3.63) is 38.4 Å². The van der Waals surface area contributed by atoms with Gasteiger partial charge in [-0.3, -0.25) is 25.7 Å². The second-order valence-corrected chi connectivity index (χ2v) is 9.70. The molecule has 3 fully saturated rings. The molecule has 0 amide bonds. The number of nitrogens with zero attached hydrogens (tertiary/aromatic N) is 3. The molecule has 1 N–H and O–H groups in total. The first-order chi connectivity index (χ1) is 13.7. The van der Waals surface area contributed by atoms with Crippen molar-refractivity contribution in [3.8, 4) is 0 Å². The number of anilines is 1. The number of hydrogen-bond donors (Lipinski definition) is 1. The lowest BCUT2D eigenvalue weighted by atomic mass is 9.66. The van der Waals surface area contributed by atoms with Gasteiger partial charge in [-0.15, -0.1) is 0 Å². The Kier molecular flexibility index (Phi) is 4.63. The summed E-state index contributed by atoms with van der Waals surface area (Å²) in [7, 11) is 0.